The molecule has 2 atom stereocenters. The number of rotatable bonds is 5. The monoisotopic (exact) mass is 389 g/mol. The van der Waals surface area contributed by atoms with Gasteiger partial charge in [0.25, 0.3) is 5.91 Å². The fraction of sp³-hybridized carbons (Fsp3) is 0.381. The Labute approximate surface area is 164 Å². The van der Waals surface area contributed by atoms with Crippen LogP contribution in [0.25, 0.3) is 0 Å². The van der Waals surface area contributed by atoms with Gasteiger partial charge in [0.1, 0.15) is 22.8 Å². The van der Waals surface area contributed by atoms with Crippen molar-refractivity contribution >= 4 is 17.5 Å². The van der Waals surface area contributed by atoms with Gasteiger partial charge < -0.3 is 19.5 Å². The zero-order chi connectivity index (χ0) is 19.6. The minimum Gasteiger partial charge on any atom is -0.497 e. The van der Waals surface area contributed by atoms with E-state index in [2.05, 4.69) is 5.32 Å². The normalized spacial score (nSPS) is 18.6. The Bertz CT molecular complexity index is 819. The number of methoxy groups -OCH3 is 1. The molecule has 0 fully saturated rings. The van der Waals surface area contributed by atoms with Crippen molar-refractivity contribution in [3.8, 4) is 17.2 Å². The van der Waals surface area contributed by atoms with Gasteiger partial charge in [-0.3, -0.25) is 4.79 Å². The van der Waals surface area contributed by atoms with Crippen LogP contribution in [0.2, 0.25) is 5.02 Å². The third-order valence-electron chi connectivity index (χ3n) is 4.49. The van der Waals surface area contributed by atoms with Crippen LogP contribution in [0.3, 0.4) is 0 Å². The van der Waals surface area contributed by atoms with Gasteiger partial charge in [0.2, 0.25) is 0 Å². The molecule has 0 unspecified atom stereocenters. The molecule has 1 N–H and O–H groups in total. The summed E-state index contributed by atoms with van der Waals surface area (Å²) < 4.78 is 17.1. The van der Waals surface area contributed by atoms with Gasteiger partial charge in [-0.25, -0.2) is 0 Å². The smallest absolute Gasteiger partial charge is 0.261 e. The lowest BCUT2D eigenvalue weighted by molar-refractivity contribution is -0.128. The first-order chi connectivity index (χ1) is 12.8. The third-order valence-corrected chi connectivity index (χ3v) is 4.74. The Morgan fingerprint density at radius 1 is 1.22 bits per heavy atom. The number of fused-ring (bicyclic) bond motifs is 1. The van der Waals surface area contributed by atoms with E-state index >= 15 is 0 Å². The van der Waals surface area contributed by atoms with Gasteiger partial charge in [-0.2, -0.15) is 0 Å². The number of carbonyl (C=O) groups excluding carboxylic acids is 1. The zero-order valence-electron chi connectivity index (χ0n) is 15.9. The maximum atomic E-state index is 12.7. The quantitative estimate of drug-likeness (QED) is 0.815. The van der Waals surface area contributed by atoms with Crippen LogP contribution in [-0.2, 0) is 4.79 Å². The van der Waals surface area contributed by atoms with Gasteiger partial charge in [-0.05, 0) is 63.2 Å². The summed E-state index contributed by atoms with van der Waals surface area (Å²) in [4.78, 5) is 12.7. The molecule has 0 aromatic heterocycles. The van der Waals surface area contributed by atoms with Gasteiger partial charge in [0.15, 0.2) is 6.10 Å². The first-order valence-electron chi connectivity index (χ1n) is 8.87. The minimum absolute atomic E-state index is 0.192. The minimum atomic E-state index is -0.647. The molecule has 0 spiro atoms. The van der Waals surface area contributed by atoms with Crippen molar-refractivity contribution in [3.63, 3.8) is 0 Å². The van der Waals surface area contributed by atoms with Gasteiger partial charge in [0.05, 0.1) is 13.2 Å². The molecular weight excluding hydrogens is 366 g/mol. The summed E-state index contributed by atoms with van der Waals surface area (Å²) in [6.07, 6.45) is -0.00164. The van der Waals surface area contributed by atoms with Crippen LogP contribution in [0, 0.1) is 0 Å². The van der Waals surface area contributed by atoms with Crippen molar-refractivity contribution in [1.82, 2.24) is 5.32 Å². The molecule has 0 saturated carbocycles. The largest absolute Gasteiger partial charge is 0.497 e. The number of ether oxygens (including phenoxy) is 3. The van der Waals surface area contributed by atoms with E-state index in [0.29, 0.717) is 17.2 Å². The molecule has 2 aromatic rings. The molecule has 1 aliphatic rings. The van der Waals surface area contributed by atoms with Crippen LogP contribution >= 0.6 is 11.6 Å². The lowest BCUT2D eigenvalue weighted by atomic mass is 9.89. The molecule has 0 bridgehead atoms. The second-order valence-corrected chi connectivity index (χ2v) is 7.68. The zero-order valence-corrected chi connectivity index (χ0v) is 16.7. The number of benzene rings is 2. The van der Waals surface area contributed by atoms with Gasteiger partial charge >= 0.3 is 0 Å². The van der Waals surface area contributed by atoms with E-state index in [1.54, 1.807) is 38.3 Å². The van der Waals surface area contributed by atoms with Crippen LogP contribution in [0.15, 0.2) is 42.5 Å². The fourth-order valence-electron chi connectivity index (χ4n) is 3.15. The summed E-state index contributed by atoms with van der Waals surface area (Å²) >= 11 is 5.88. The van der Waals surface area contributed by atoms with Crippen molar-refractivity contribution in [2.75, 3.05) is 7.11 Å². The molecule has 0 saturated heterocycles. The van der Waals surface area contributed by atoms with Crippen molar-refractivity contribution in [3.05, 3.63) is 53.1 Å². The molecule has 1 heterocycles. The molecule has 0 aliphatic carbocycles. The molecule has 144 valence electrons. The van der Waals surface area contributed by atoms with Crippen molar-refractivity contribution in [1.29, 1.82) is 0 Å². The topological polar surface area (TPSA) is 56.8 Å². The van der Waals surface area contributed by atoms with E-state index in [4.69, 9.17) is 25.8 Å². The summed E-state index contributed by atoms with van der Waals surface area (Å²) in [5.41, 5.74) is 0.514. The Morgan fingerprint density at radius 2 is 1.89 bits per heavy atom. The Morgan fingerprint density at radius 3 is 2.56 bits per heavy atom. The Kier molecular flexibility index (Phi) is 5.51. The first kappa shape index (κ1) is 19.4. The number of carbonyl (C=O) groups is 1. The van der Waals surface area contributed by atoms with Crippen LogP contribution < -0.4 is 19.5 Å². The first-order valence-corrected chi connectivity index (χ1v) is 9.25. The van der Waals surface area contributed by atoms with Gasteiger partial charge in [0, 0.05) is 17.0 Å². The van der Waals surface area contributed by atoms with Crippen LogP contribution in [0.4, 0.5) is 0 Å². The predicted octanol–water partition coefficient (Wildman–Crippen LogP) is 4.53. The second-order valence-electron chi connectivity index (χ2n) is 7.24. The summed E-state index contributed by atoms with van der Waals surface area (Å²) in [6.45, 7) is 5.74. The number of nitrogens with one attached hydrogen (secondary N) is 1. The molecule has 1 aliphatic heterocycles. The summed E-state index contributed by atoms with van der Waals surface area (Å²) in [5.74, 6) is 1.88. The average molecular weight is 390 g/mol. The molecule has 3 rings (SSSR count). The molecular formula is C21H24ClNO4. The number of amides is 1. The van der Waals surface area contributed by atoms with Crippen molar-refractivity contribution < 1.29 is 19.0 Å². The lowest BCUT2D eigenvalue weighted by Crippen LogP contribution is -2.44. The van der Waals surface area contributed by atoms with E-state index < -0.39 is 6.10 Å². The molecule has 6 heteroatoms. The lowest BCUT2D eigenvalue weighted by Gasteiger charge is -2.38. The highest BCUT2D eigenvalue weighted by Gasteiger charge is 2.35. The van der Waals surface area contributed by atoms with Crippen molar-refractivity contribution in [2.24, 2.45) is 0 Å². The molecule has 0 radical (unpaired) electrons. The van der Waals surface area contributed by atoms with Crippen LogP contribution in [0.1, 0.15) is 38.8 Å². The molecule has 1 amide bonds. The van der Waals surface area contributed by atoms with E-state index in [1.165, 1.54) is 0 Å². The summed E-state index contributed by atoms with van der Waals surface area (Å²) in [5, 5.41) is 3.71. The second kappa shape index (κ2) is 7.69. The molecule has 5 nitrogen and oxygen atoms in total. The van der Waals surface area contributed by atoms with Crippen LogP contribution in [0.5, 0.6) is 17.2 Å². The van der Waals surface area contributed by atoms with Gasteiger partial charge in [-0.15, -0.1) is 0 Å². The highest BCUT2D eigenvalue weighted by molar-refractivity contribution is 6.30. The number of hydrogen-bond acceptors (Lipinski definition) is 4. The number of hydrogen-bond donors (Lipinski definition) is 1. The summed E-state index contributed by atoms with van der Waals surface area (Å²) in [7, 11) is 1.62. The SMILES string of the molecule is COc1ccc2c(c1)[C@@H](NC(=O)[C@H](C)Oc1ccc(Cl)cc1)CC(C)(C)O2. The fourth-order valence-corrected chi connectivity index (χ4v) is 3.27. The van der Waals surface area contributed by atoms with Gasteiger partial charge in [-0.1, -0.05) is 11.6 Å². The summed E-state index contributed by atoms with van der Waals surface area (Å²) in [6, 6.07) is 12.4. The molecule has 2 aromatic carbocycles. The number of halogens is 1. The van der Waals surface area contributed by atoms with Crippen LogP contribution in [-0.4, -0.2) is 24.7 Å². The highest BCUT2D eigenvalue weighted by Crippen LogP contribution is 2.41. The van der Waals surface area contributed by atoms with E-state index in [9.17, 15) is 4.79 Å². The van der Waals surface area contributed by atoms with Crippen molar-refractivity contribution in [2.45, 2.75) is 44.9 Å². The maximum absolute atomic E-state index is 12.7. The van der Waals surface area contributed by atoms with E-state index in [-0.39, 0.29) is 17.6 Å². The average Bonchev–Trinajstić information content (AvgIpc) is 2.62. The van der Waals surface area contributed by atoms with E-state index in [1.807, 2.05) is 32.0 Å². The standard InChI is InChI=1S/C21H24ClNO4/c1-13(26-15-7-5-14(22)6-8-15)20(24)23-18-12-21(2,3)27-19-10-9-16(25-4)11-17(18)19/h5-11,13,18H,12H2,1-4H3,(H,23,24)/t13-,18-/m0/s1. The third kappa shape index (κ3) is 4.66. The Balaban J connectivity index is 1.75. The van der Waals surface area contributed by atoms with E-state index in [0.717, 1.165) is 17.1 Å². The maximum Gasteiger partial charge on any atom is 0.261 e. The molecule has 27 heavy (non-hydrogen) atoms. The predicted molar refractivity (Wildman–Crippen MR) is 105 cm³/mol. The highest BCUT2D eigenvalue weighted by atomic mass is 35.5. The Hall–Kier alpha value is -2.40.